The third-order valence-electron chi connectivity index (χ3n) is 3.10. The Morgan fingerprint density at radius 1 is 1.14 bits per heavy atom. The summed E-state index contributed by atoms with van der Waals surface area (Å²) >= 11 is 3.52. The first-order valence-electron chi connectivity index (χ1n) is 6.46. The molecule has 0 aliphatic heterocycles. The summed E-state index contributed by atoms with van der Waals surface area (Å²) in [6.07, 6.45) is 0. The van der Waals surface area contributed by atoms with Crippen molar-refractivity contribution >= 4 is 27.6 Å². The van der Waals surface area contributed by atoms with Crippen LogP contribution in [0.4, 0.5) is 5.69 Å². The summed E-state index contributed by atoms with van der Waals surface area (Å²) in [5.74, 6) is -0.431. The second-order valence-corrected chi connectivity index (χ2v) is 5.34. The van der Waals surface area contributed by atoms with Gasteiger partial charge in [-0.3, -0.25) is 0 Å². The highest BCUT2D eigenvalue weighted by Gasteiger charge is 2.23. The molecule has 2 aromatic rings. The van der Waals surface area contributed by atoms with Crippen molar-refractivity contribution < 1.29 is 9.53 Å². The minimum atomic E-state index is -0.431. The normalized spacial score (nSPS) is 11.5. The SMILES string of the molecule is C=C(C(=O)OC)[C@H](Nc1ccccc1)c1ccccc1Br. The largest absolute Gasteiger partial charge is 0.466 e. The minimum Gasteiger partial charge on any atom is -0.466 e. The first-order chi connectivity index (χ1) is 10.1. The maximum absolute atomic E-state index is 11.9. The Hall–Kier alpha value is -2.07. The summed E-state index contributed by atoms with van der Waals surface area (Å²) in [5, 5.41) is 3.32. The number of nitrogens with one attached hydrogen (secondary N) is 1. The first kappa shape index (κ1) is 15.3. The highest BCUT2D eigenvalue weighted by molar-refractivity contribution is 9.10. The third-order valence-corrected chi connectivity index (χ3v) is 3.82. The van der Waals surface area contributed by atoms with Gasteiger partial charge in [0.15, 0.2) is 0 Å². The number of carbonyl (C=O) groups excluding carboxylic acids is 1. The fourth-order valence-corrected chi connectivity index (χ4v) is 2.53. The fourth-order valence-electron chi connectivity index (χ4n) is 2.01. The van der Waals surface area contributed by atoms with Gasteiger partial charge in [0, 0.05) is 10.2 Å². The van der Waals surface area contributed by atoms with E-state index in [4.69, 9.17) is 4.74 Å². The Labute approximate surface area is 132 Å². The number of hydrogen-bond acceptors (Lipinski definition) is 3. The van der Waals surface area contributed by atoms with Gasteiger partial charge in [0.2, 0.25) is 0 Å². The molecule has 0 saturated heterocycles. The van der Waals surface area contributed by atoms with Crippen LogP contribution in [-0.4, -0.2) is 13.1 Å². The molecule has 0 unspecified atom stereocenters. The molecule has 1 atom stereocenters. The zero-order valence-electron chi connectivity index (χ0n) is 11.7. The Balaban J connectivity index is 2.38. The predicted molar refractivity (Wildman–Crippen MR) is 88.1 cm³/mol. The number of ether oxygens (including phenoxy) is 1. The predicted octanol–water partition coefficient (Wildman–Crippen LogP) is 4.33. The summed E-state index contributed by atoms with van der Waals surface area (Å²) in [4.78, 5) is 11.9. The molecule has 0 radical (unpaired) electrons. The lowest BCUT2D eigenvalue weighted by atomic mass is 9.99. The zero-order chi connectivity index (χ0) is 15.2. The van der Waals surface area contributed by atoms with E-state index in [0.717, 1.165) is 15.7 Å². The fraction of sp³-hybridized carbons (Fsp3) is 0.118. The molecule has 4 heteroatoms. The number of benzene rings is 2. The number of methoxy groups -OCH3 is 1. The van der Waals surface area contributed by atoms with Gasteiger partial charge in [-0.15, -0.1) is 0 Å². The lowest BCUT2D eigenvalue weighted by Crippen LogP contribution is -2.19. The van der Waals surface area contributed by atoms with E-state index < -0.39 is 5.97 Å². The summed E-state index contributed by atoms with van der Waals surface area (Å²) in [6, 6.07) is 17.0. The van der Waals surface area contributed by atoms with Crippen LogP contribution in [0, 0.1) is 0 Å². The van der Waals surface area contributed by atoms with Crippen LogP contribution in [-0.2, 0) is 9.53 Å². The molecule has 0 fully saturated rings. The monoisotopic (exact) mass is 345 g/mol. The van der Waals surface area contributed by atoms with E-state index in [1.807, 2.05) is 54.6 Å². The maximum Gasteiger partial charge on any atom is 0.335 e. The topological polar surface area (TPSA) is 38.3 Å². The van der Waals surface area contributed by atoms with Crippen molar-refractivity contribution in [3.63, 3.8) is 0 Å². The number of halogens is 1. The second-order valence-electron chi connectivity index (χ2n) is 4.48. The molecular formula is C17H16BrNO2. The van der Waals surface area contributed by atoms with E-state index in [2.05, 4.69) is 27.8 Å². The number of para-hydroxylation sites is 1. The van der Waals surface area contributed by atoms with Gasteiger partial charge in [-0.2, -0.15) is 0 Å². The maximum atomic E-state index is 11.9. The minimum absolute atomic E-state index is 0.355. The van der Waals surface area contributed by atoms with E-state index in [9.17, 15) is 4.79 Å². The Kier molecular flexibility index (Phi) is 5.17. The standard InChI is InChI=1S/C17H16BrNO2/c1-12(17(20)21-2)16(14-10-6-7-11-15(14)18)19-13-8-4-3-5-9-13/h3-11,16,19H,1H2,2H3/t16-/m0/s1. The zero-order valence-corrected chi connectivity index (χ0v) is 13.3. The van der Waals surface area contributed by atoms with Crippen molar-refractivity contribution in [2.75, 3.05) is 12.4 Å². The van der Waals surface area contributed by atoms with Gasteiger partial charge in [0.1, 0.15) is 0 Å². The number of esters is 1. The molecular weight excluding hydrogens is 330 g/mol. The molecule has 0 aliphatic carbocycles. The number of carbonyl (C=O) groups is 1. The summed E-state index contributed by atoms with van der Waals surface area (Å²) in [7, 11) is 1.35. The Morgan fingerprint density at radius 2 is 1.76 bits per heavy atom. The summed E-state index contributed by atoms with van der Waals surface area (Å²) < 4.78 is 5.70. The molecule has 0 aliphatic rings. The molecule has 0 saturated carbocycles. The second kappa shape index (κ2) is 7.09. The van der Waals surface area contributed by atoms with E-state index in [1.165, 1.54) is 7.11 Å². The van der Waals surface area contributed by atoms with E-state index >= 15 is 0 Å². The number of anilines is 1. The Bertz CT molecular complexity index is 640. The van der Waals surface area contributed by atoms with Crippen LogP contribution in [0.15, 0.2) is 71.2 Å². The van der Waals surface area contributed by atoms with Crippen LogP contribution >= 0.6 is 15.9 Å². The molecule has 0 bridgehead atoms. The van der Waals surface area contributed by atoms with E-state index in [1.54, 1.807) is 0 Å². The quantitative estimate of drug-likeness (QED) is 0.647. The van der Waals surface area contributed by atoms with Crippen LogP contribution in [0.1, 0.15) is 11.6 Å². The molecule has 2 aromatic carbocycles. The van der Waals surface area contributed by atoms with Crippen molar-refractivity contribution in [1.82, 2.24) is 0 Å². The molecule has 21 heavy (non-hydrogen) atoms. The average Bonchev–Trinajstić information content (AvgIpc) is 2.53. The summed E-state index contributed by atoms with van der Waals surface area (Å²) in [6.45, 7) is 3.88. The van der Waals surface area contributed by atoms with Gasteiger partial charge in [0.25, 0.3) is 0 Å². The molecule has 108 valence electrons. The molecule has 0 amide bonds. The first-order valence-corrected chi connectivity index (χ1v) is 7.26. The van der Waals surface area contributed by atoms with Crippen LogP contribution < -0.4 is 5.32 Å². The highest BCUT2D eigenvalue weighted by atomic mass is 79.9. The molecule has 1 N–H and O–H groups in total. The number of hydrogen-bond donors (Lipinski definition) is 1. The molecule has 2 rings (SSSR count). The van der Waals surface area contributed by atoms with Crippen molar-refractivity contribution in [3.8, 4) is 0 Å². The van der Waals surface area contributed by atoms with Gasteiger partial charge in [-0.25, -0.2) is 4.79 Å². The van der Waals surface area contributed by atoms with Crippen LogP contribution in [0.3, 0.4) is 0 Å². The van der Waals surface area contributed by atoms with Gasteiger partial charge in [-0.1, -0.05) is 58.9 Å². The Morgan fingerprint density at radius 3 is 2.38 bits per heavy atom. The van der Waals surface area contributed by atoms with Crippen LogP contribution in [0.25, 0.3) is 0 Å². The lowest BCUT2D eigenvalue weighted by Gasteiger charge is -2.22. The van der Waals surface area contributed by atoms with Crippen LogP contribution in [0.5, 0.6) is 0 Å². The summed E-state index contributed by atoms with van der Waals surface area (Å²) in [5.41, 5.74) is 2.19. The average molecular weight is 346 g/mol. The van der Waals surface area contributed by atoms with Crippen molar-refractivity contribution in [1.29, 1.82) is 0 Å². The van der Waals surface area contributed by atoms with Crippen molar-refractivity contribution in [2.24, 2.45) is 0 Å². The van der Waals surface area contributed by atoms with E-state index in [0.29, 0.717) is 5.57 Å². The lowest BCUT2D eigenvalue weighted by molar-refractivity contribution is -0.136. The smallest absolute Gasteiger partial charge is 0.335 e. The van der Waals surface area contributed by atoms with Crippen molar-refractivity contribution in [3.05, 3.63) is 76.8 Å². The van der Waals surface area contributed by atoms with Crippen LogP contribution in [0.2, 0.25) is 0 Å². The number of rotatable bonds is 5. The third kappa shape index (κ3) is 3.73. The molecule has 0 spiro atoms. The molecule has 0 aromatic heterocycles. The van der Waals surface area contributed by atoms with Gasteiger partial charge >= 0.3 is 5.97 Å². The van der Waals surface area contributed by atoms with Crippen molar-refractivity contribution in [2.45, 2.75) is 6.04 Å². The van der Waals surface area contributed by atoms with E-state index in [-0.39, 0.29) is 6.04 Å². The molecule has 0 heterocycles. The van der Waals surface area contributed by atoms with Gasteiger partial charge in [0.05, 0.1) is 18.7 Å². The van der Waals surface area contributed by atoms with Gasteiger partial charge in [-0.05, 0) is 23.8 Å². The highest BCUT2D eigenvalue weighted by Crippen LogP contribution is 2.31. The molecule has 3 nitrogen and oxygen atoms in total. The van der Waals surface area contributed by atoms with Gasteiger partial charge < -0.3 is 10.1 Å².